The van der Waals surface area contributed by atoms with Crippen molar-refractivity contribution in [3.63, 3.8) is 0 Å². The van der Waals surface area contributed by atoms with Crippen molar-refractivity contribution in [2.24, 2.45) is 0 Å². The van der Waals surface area contributed by atoms with Crippen molar-refractivity contribution in [3.05, 3.63) is 23.7 Å². The summed E-state index contributed by atoms with van der Waals surface area (Å²) in [5.41, 5.74) is 1.17. The molecule has 0 aliphatic heterocycles. The fourth-order valence-electron chi connectivity index (χ4n) is 1.45. The highest BCUT2D eigenvalue weighted by molar-refractivity contribution is 5.14. The minimum Gasteiger partial charge on any atom is -0.468 e. The molecule has 80 valence electrons. The lowest BCUT2D eigenvalue weighted by molar-refractivity contribution is 0.170. The van der Waals surface area contributed by atoms with E-state index in [0.29, 0.717) is 6.04 Å². The van der Waals surface area contributed by atoms with Crippen LogP contribution < -0.4 is 5.32 Å². The van der Waals surface area contributed by atoms with Gasteiger partial charge in [0.2, 0.25) is 0 Å². The summed E-state index contributed by atoms with van der Waals surface area (Å²) < 4.78 is 5.29. The van der Waals surface area contributed by atoms with E-state index in [1.165, 1.54) is 5.56 Å². The van der Waals surface area contributed by atoms with Crippen molar-refractivity contribution < 1.29 is 9.52 Å². The molecule has 0 aliphatic carbocycles. The van der Waals surface area contributed by atoms with Crippen LogP contribution in [0.5, 0.6) is 0 Å². The van der Waals surface area contributed by atoms with E-state index in [0.717, 1.165) is 18.7 Å². The summed E-state index contributed by atoms with van der Waals surface area (Å²) in [4.78, 5) is 0. The smallest absolute Gasteiger partial charge is 0.120 e. The van der Waals surface area contributed by atoms with Crippen molar-refractivity contribution in [1.29, 1.82) is 0 Å². The Labute approximate surface area is 85.1 Å². The van der Waals surface area contributed by atoms with Crippen molar-refractivity contribution in [2.75, 3.05) is 0 Å². The molecule has 0 bridgehead atoms. The molecule has 1 heterocycles. The summed E-state index contributed by atoms with van der Waals surface area (Å²) in [6, 6.07) is 2.26. The van der Waals surface area contributed by atoms with Gasteiger partial charge in [0.25, 0.3) is 0 Å². The zero-order valence-corrected chi connectivity index (χ0v) is 9.08. The van der Waals surface area contributed by atoms with Crippen molar-refractivity contribution in [2.45, 2.75) is 45.9 Å². The number of aryl methyl sites for hydroxylation is 1. The number of nitrogens with one attached hydrogen (secondary N) is 1. The molecule has 0 amide bonds. The molecular formula is C11H19NO2. The SMILES string of the molecule is Cc1ccoc1CNC(C)CC(C)O. The Balaban J connectivity index is 2.30. The molecule has 1 rings (SSSR count). The molecule has 14 heavy (non-hydrogen) atoms. The molecule has 2 atom stereocenters. The predicted molar refractivity (Wildman–Crippen MR) is 56.0 cm³/mol. The molecule has 0 fully saturated rings. The van der Waals surface area contributed by atoms with Crippen LogP contribution in [0.15, 0.2) is 16.7 Å². The van der Waals surface area contributed by atoms with Gasteiger partial charge in [0.05, 0.1) is 18.9 Å². The van der Waals surface area contributed by atoms with Gasteiger partial charge in [-0.05, 0) is 38.8 Å². The van der Waals surface area contributed by atoms with E-state index in [1.807, 2.05) is 13.0 Å². The van der Waals surface area contributed by atoms with Gasteiger partial charge in [0.1, 0.15) is 5.76 Å². The van der Waals surface area contributed by atoms with Gasteiger partial charge < -0.3 is 14.8 Å². The normalized spacial score (nSPS) is 15.4. The Kier molecular flexibility index (Phi) is 4.17. The zero-order valence-electron chi connectivity index (χ0n) is 9.08. The molecule has 1 aromatic rings. The zero-order chi connectivity index (χ0) is 10.6. The Morgan fingerprint density at radius 2 is 2.21 bits per heavy atom. The molecule has 0 aliphatic rings. The molecular weight excluding hydrogens is 178 g/mol. The molecule has 0 saturated carbocycles. The second kappa shape index (κ2) is 5.17. The summed E-state index contributed by atoms with van der Waals surface area (Å²) in [5.74, 6) is 0.974. The van der Waals surface area contributed by atoms with E-state index in [2.05, 4.69) is 12.2 Å². The quantitative estimate of drug-likeness (QED) is 0.757. The third-order valence-corrected chi connectivity index (χ3v) is 2.27. The molecule has 1 aromatic heterocycles. The average molecular weight is 197 g/mol. The van der Waals surface area contributed by atoms with E-state index >= 15 is 0 Å². The third-order valence-electron chi connectivity index (χ3n) is 2.27. The maximum absolute atomic E-state index is 9.17. The van der Waals surface area contributed by atoms with Crippen LogP contribution in [-0.4, -0.2) is 17.3 Å². The van der Waals surface area contributed by atoms with Crippen LogP contribution in [0.4, 0.5) is 0 Å². The van der Waals surface area contributed by atoms with Gasteiger partial charge in [-0.25, -0.2) is 0 Å². The van der Waals surface area contributed by atoms with E-state index in [9.17, 15) is 5.11 Å². The monoisotopic (exact) mass is 197 g/mol. The van der Waals surface area contributed by atoms with Gasteiger partial charge in [-0.3, -0.25) is 0 Å². The molecule has 0 spiro atoms. The predicted octanol–water partition coefficient (Wildman–Crippen LogP) is 1.84. The molecule has 0 saturated heterocycles. The number of hydrogen-bond acceptors (Lipinski definition) is 3. The average Bonchev–Trinajstić information content (AvgIpc) is 2.46. The van der Waals surface area contributed by atoms with Crippen LogP contribution in [0.2, 0.25) is 0 Å². The van der Waals surface area contributed by atoms with E-state index in [4.69, 9.17) is 4.42 Å². The summed E-state index contributed by atoms with van der Waals surface area (Å²) >= 11 is 0. The second-order valence-corrected chi connectivity index (χ2v) is 3.89. The minimum atomic E-state index is -0.254. The lowest BCUT2D eigenvalue weighted by Crippen LogP contribution is -2.28. The van der Waals surface area contributed by atoms with Crippen LogP contribution in [-0.2, 0) is 6.54 Å². The topological polar surface area (TPSA) is 45.4 Å². The maximum atomic E-state index is 9.17. The van der Waals surface area contributed by atoms with Gasteiger partial charge >= 0.3 is 0 Å². The van der Waals surface area contributed by atoms with Crippen LogP contribution in [0, 0.1) is 6.92 Å². The van der Waals surface area contributed by atoms with Crippen LogP contribution in [0.25, 0.3) is 0 Å². The van der Waals surface area contributed by atoms with Crippen LogP contribution in [0.3, 0.4) is 0 Å². The highest BCUT2D eigenvalue weighted by Gasteiger charge is 2.07. The minimum absolute atomic E-state index is 0.254. The van der Waals surface area contributed by atoms with E-state index < -0.39 is 0 Å². The van der Waals surface area contributed by atoms with Crippen molar-refractivity contribution in [3.8, 4) is 0 Å². The first-order valence-electron chi connectivity index (χ1n) is 5.04. The highest BCUT2D eigenvalue weighted by atomic mass is 16.3. The second-order valence-electron chi connectivity index (χ2n) is 3.89. The third kappa shape index (κ3) is 3.52. The van der Waals surface area contributed by atoms with E-state index in [-0.39, 0.29) is 6.10 Å². The first-order valence-corrected chi connectivity index (χ1v) is 5.04. The summed E-state index contributed by atoms with van der Waals surface area (Å²) in [5, 5.41) is 12.5. The number of aliphatic hydroxyl groups is 1. The van der Waals surface area contributed by atoms with Gasteiger partial charge in [-0.15, -0.1) is 0 Å². The van der Waals surface area contributed by atoms with Gasteiger partial charge in [0, 0.05) is 6.04 Å². The summed E-state index contributed by atoms with van der Waals surface area (Å²) in [6.45, 7) is 6.62. The molecule has 3 heteroatoms. The van der Waals surface area contributed by atoms with Gasteiger partial charge in [-0.2, -0.15) is 0 Å². The Morgan fingerprint density at radius 3 is 2.71 bits per heavy atom. The fraction of sp³-hybridized carbons (Fsp3) is 0.636. The highest BCUT2D eigenvalue weighted by Crippen LogP contribution is 2.08. The Morgan fingerprint density at radius 1 is 1.50 bits per heavy atom. The van der Waals surface area contributed by atoms with Crippen molar-refractivity contribution >= 4 is 0 Å². The van der Waals surface area contributed by atoms with Gasteiger partial charge in [-0.1, -0.05) is 0 Å². The lowest BCUT2D eigenvalue weighted by atomic mass is 10.1. The van der Waals surface area contributed by atoms with Crippen molar-refractivity contribution in [1.82, 2.24) is 5.32 Å². The summed E-state index contributed by atoms with van der Waals surface area (Å²) in [7, 11) is 0. The number of rotatable bonds is 5. The maximum Gasteiger partial charge on any atom is 0.120 e. The molecule has 2 unspecified atom stereocenters. The number of furan rings is 1. The first-order chi connectivity index (χ1) is 6.59. The lowest BCUT2D eigenvalue weighted by Gasteiger charge is -2.14. The summed E-state index contributed by atoms with van der Waals surface area (Å²) in [6.07, 6.45) is 2.21. The van der Waals surface area contributed by atoms with Crippen LogP contribution in [0.1, 0.15) is 31.6 Å². The van der Waals surface area contributed by atoms with E-state index in [1.54, 1.807) is 13.2 Å². The first kappa shape index (κ1) is 11.3. The molecule has 3 nitrogen and oxygen atoms in total. The van der Waals surface area contributed by atoms with Crippen LogP contribution >= 0.6 is 0 Å². The molecule has 0 radical (unpaired) electrons. The largest absolute Gasteiger partial charge is 0.468 e. The van der Waals surface area contributed by atoms with Gasteiger partial charge in [0.15, 0.2) is 0 Å². The standard InChI is InChI=1S/C11H19NO2/c1-8-4-5-14-11(8)7-12-9(2)6-10(3)13/h4-5,9-10,12-13H,6-7H2,1-3H3. The molecule has 2 N–H and O–H groups in total. The number of hydrogen-bond donors (Lipinski definition) is 2. The Hall–Kier alpha value is -0.800. The fourth-order valence-corrected chi connectivity index (χ4v) is 1.45. The number of aliphatic hydroxyl groups excluding tert-OH is 1. The Bertz CT molecular complexity index is 268. The molecule has 0 aromatic carbocycles.